The number of nitrogens with one attached hydrogen (secondary N) is 2. The highest BCUT2D eigenvalue weighted by molar-refractivity contribution is 5.39. The van der Waals surface area contributed by atoms with E-state index in [1.165, 1.54) is 19.3 Å². The molecule has 2 aliphatic rings. The van der Waals surface area contributed by atoms with Gasteiger partial charge in [0.2, 0.25) is 0 Å². The Morgan fingerprint density at radius 3 is 3.22 bits per heavy atom. The first-order valence-corrected chi connectivity index (χ1v) is 7.01. The van der Waals surface area contributed by atoms with Crippen molar-refractivity contribution in [1.29, 1.82) is 0 Å². The van der Waals surface area contributed by atoms with Gasteiger partial charge in [-0.2, -0.15) is 5.10 Å². The molecule has 0 amide bonds. The summed E-state index contributed by atoms with van der Waals surface area (Å²) >= 11 is 0. The molecule has 0 radical (unpaired) electrons. The summed E-state index contributed by atoms with van der Waals surface area (Å²) in [7, 11) is 0. The summed E-state index contributed by atoms with van der Waals surface area (Å²) in [5.74, 6) is 0. The van der Waals surface area contributed by atoms with E-state index in [0.717, 1.165) is 38.3 Å². The van der Waals surface area contributed by atoms with Crippen LogP contribution in [0.2, 0.25) is 0 Å². The van der Waals surface area contributed by atoms with E-state index in [4.69, 9.17) is 4.74 Å². The predicted molar refractivity (Wildman–Crippen MR) is 70.7 cm³/mol. The number of ether oxygens (including phenoxy) is 1. The van der Waals surface area contributed by atoms with Crippen LogP contribution < -0.4 is 10.6 Å². The van der Waals surface area contributed by atoms with E-state index in [2.05, 4.69) is 21.9 Å². The highest BCUT2D eigenvalue weighted by Crippen LogP contribution is 2.16. The fraction of sp³-hybridized carbons (Fsp3) is 0.769. The van der Waals surface area contributed by atoms with E-state index >= 15 is 0 Å². The summed E-state index contributed by atoms with van der Waals surface area (Å²) in [6.07, 6.45) is 9.21. The highest BCUT2D eigenvalue weighted by atomic mass is 16.5. The van der Waals surface area contributed by atoms with Crippen LogP contribution in [-0.2, 0) is 11.3 Å². The molecule has 2 unspecified atom stereocenters. The molecule has 0 bridgehead atoms. The van der Waals surface area contributed by atoms with Gasteiger partial charge in [0.05, 0.1) is 24.5 Å². The molecule has 3 heterocycles. The first-order valence-electron chi connectivity index (χ1n) is 7.01. The minimum Gasteiger partial charge on any atom is -0.378 e. The Bertz CT molecular complexity index is 367. The van der Waals surface area contributed by atoms with Gasteiger partial charge in [0.15, 0.2) is 0 Å². The first-order chi connectivity index (χ1) is 8.90. The maximum absolute atomic E-state index is 5.62. The SMILES string of the molecule is c1nn(CC2CCCO2)cc1NC1CCCNC1. The van der Waals surface area contributed by atoms with Crippen molar-refractivity contribution in [2.24, 2.45) is 0 Å². The van der Waals surface area contributed by atoms with Crippen LogP contribution in [0.25, 0.3) is 0 Å². The summed E-state index contributed by atoms with van der Waals surface area (Å²) < 4.78 is 7.62. The molecule has 5 nitrogen and oxygen atoms in total. The Hall–Kier alpha value is -1.07. The molecule has 100 valence electrons. The average molecular weight is 250 g/mol. The van der Waals surface area contributed by atoms with E-state index < -0.39 is 0 Å². The smallest absolute Gasteiger partial charge is 0.0771 e. The molecular formula is C13H22N4O. The molecule has 3 rings (SSSR count). The molecule has 2 fully saturated rings. The predicted octanol–water partition coefficient (Wildman–Crippen LogP) is 1.23. The van der Waals surface area contributed by atoms with Gasteiger partial charge in [0, 0.05) is 25.4 Å². The van der Waals surface area contributed by atoms with Crippen molar-refractivity contribution in [3.05, 3.63) is 12.4 Å². The van der Waals surface area contributed by atoms with Crippen LogP contribution in [0.3, 0.4) is 0 Å². The Labute approximate surface area is 108 Å². The van der Waals surface area contributed by atoms with Gasteiger partial charge in [-0.1, -0.05) is 0 Å². The lowest BCUT2D eigenvalue weighted by molar-refractivity contribution is 0.0940. The molecule has 5 heteroatoms. The highest BCUT2D eigenvalue weighted by Gasteiger charge is 2.17. The molecule has 18 heavy (non-hydrogen) atoms. The van der Waals surface area contributed by atoms with E-state index in [1.54, 1.807) is 0 Å². The molecule has 0 aliphatic carbocycles. The zero-order valence-corrected chi connectivity index (χ0v) is 10.8. The van der Waals surface area contributed by atoms with Crippen molar-refractivity contribution in [1.82, 2.24) is 15.1 Å². The lowest BCUT2D eigenvalue weighted by Gasteiger charge is -2.23. The number of hydrogen-bond acceptors (Lipinski definition) is 4. The van der Waals surface area contributed by atoms with Crippen LogP contribution in [0, 0.1) is 0 Å². The van der Waals surface area contributed by atoms with Gasteiger partial charge in [-0.25, -0.2) is 0 Å². The summed E-state index contributed by atoms with van der Waals surface area (Å²) in [5, 5.41) is 11.3. The molecule has 2 aliphatic heterocycles. The van der Waals surface area contributed by atoms with Crippen molar-refractivity contribution < 1.29 is 4.74 Å². The maximum Gasteiger partial charge on any atom is 0.0771 e. The quantitative estimate of drug-likeness (QED) is 0.844. The molecule has 0 saturated carbocycles. The van der Waals surface area contributed by atoms with Gasteiger partial charge in [-0.3, -0.25) is 4.68 Å². The largest absolute Gasteiger partial charge is 0.378 e. The minimum atomic E-state index is 0.356. The zero-order valence-electron chi connectivity index (χ0n) is 10.8. The molecule has 1 aromatic heterocycles. The molecular weight excluding hydrogens is 228 g/mol. The number of aromatic nitrogens is 2. The standard InChI is InChI=1S/C13H22N4O/c1-3-11(7-14-5-1)16-12-8-15-17(9-12)10-13-4-2-6-18-13/h8-9,11,13-14,16H,1-7,10H2. The molecule has 2 atom stereocenters. The summed E-state index contributed by atoms with van der Waals surface area (Å²) in [6, 6.07) is 0.541. The third kappa shape index (κ3) is 3.03. The Balaban J connectivity index is 1.52. The van der Waals surface area contributed by atoms with Crippen molar-refractivity contribution in [2.45, 2.75) is 44.4 Å². The number of rotatable bonds is 4. The summed E-state index contributed by atoms with van der Waals surface area (Å²) in [5.41, 5.74) is 1.13. The van der Waals surface area contributed by atoms with Gasteiger partial charge in [0.25, 0.3) is 0 Å². The van der Waals surface area contributed by atoms with Crippen LogP contribution in [0.4, 0.5) is 5.69 Å². The van der Waals surface area contributed by atoms with E-state index in [0.29, 0.717) is 12.1 Å². The van der Waals surface area contributed by atoms with Crippen LogP contribution in [0.1, 0.15) is 25.7 Å². The van der Waals surface area contributed by atoms with Crippen LogP contribution >= 0.6 is 0 Å². The molecule has 1 aromatic rings. The summed E-state index contributed by atoms with van der Waals surface area (Å²) in [6.45, 7) is 3.99. The molecule has 0 aromatic carbocycles. The van der Waals surface area contributed by atoms with Gasteiger partial charge in [-0.15, -0.1) is 0 Å². The van der Waals surface area contributed by atoms with Gasteiger partial charge < -0.3 is 15.4 Å². The Morgan fingerprint density at radius 2 is 2.44 bits per heavy atom. The third-order valence-electron chi connectivity index (χ3n) is 3.72. The normalized spacial score (nSPS) is 28.4. The third-order valence-corrected chi connectivity index (χ3v) is 3.72. The first kappa shape index (κ1) is 12.0. The van der Waals surface area contributed by atoms with Gasteiger partial charge >= 0.3 is 0 Å². The Kier molecular flexibility index (Phi) is 3.81. The van der Waals surface area contributed by atoms with Crippen molar-refractivity contribution in [3.8, 4) is 0 Å². The molecule has 2 saturated heterocycles. The fourth-order valence-electron chi connectivity index (χ4n) is 2.75. The number of piperidine rings is 1. The molecule has 0 spiro atoms. The van der Waals surface area contributed by atoms with E-state index in [1.807, 2.05) is 10.9 Å². The Morgan fingerprint density at radius 1 is 1.44 bits per heavy atom. The molecule has 2 N–H and O–H groups in total. The second kappa shape index (κ2) is 5.71. The minimum absolute atomic E-state index is 0.356. The number of nitrogens with zero attached hydrogens (tertiary/aromatic N) is 2. The number of anilines is 1. The second-order valence-electron chi connectivity index (χ2n) is 5.27. The second-order valence-corrected chi connectivity index (χ2v) is 5.27. The van der Waals surface area contributed by atoms with E-state index in [9.17, 15) is 0 Å². The van der Waals surface area contributed by atoms with Crippen molar-refractivity contribution >= 4 is 5.69 Å². The lowest BCUT2D eigenvalue weighted by Crippen LogP contribution is -2.38. The van der Waals surface area contributed by atoms with Gasteiger partial charge in [-0.05, 0) is 32.2 Å². The zero-order chi connectivity index (χ0) is 12.2. The monoisotopic (exact) mass is 250 g/mol. The van der Waals surface area contributed by atoms with E-state index in [-0.39, 0.29) is 0 Å². The topological polar surface area (TPSA) is 51.1 Å². The summed E-state index contributed by atoms with van der Waals surface area (Å²) in [4.78, 5) is 0. The average Bonchev–Trinajstić information content (AvgIpc) is 3.03. The van der Waals surface area contributed by atoms with Crippen LogP contribution in [-0.4, -0.2) is 41.6 Å². The van der Waals surface area contributed by atoms with Crippen molar-refractivity contribution in [2.75, 3.05) is 25.0 Å². The maximum atomic E-state index is 5.62. The van der Waals surface area contributed by atoms with Crippen LogP contribution in [0.15, 0.2) is 12.4 Å². The van der Waals surface area contributed by atoms with Crippen LogP contribution in [0.5, 0.6) is 0 Å². The van der Waals surface area contributed by atoms with Gasteiger partial charge in [0.1, 0.15) is 0 Å². The lowest BCUT2D eigenvalue weighted by atomic mass is 10.1. The number of hydrogen-bond donors (Lipinski definition) is 2. The van der Waals surface area contributed by atoms with Crippen molar-refractivity contribution in [3.63, 3.8) is 0 Å². The fourth-order valence-corrected chi connectivity index (χ4v) is 2.75.